The van der Waals surface area contributed by atoms with Crippen molar-refractivity contribution in [1.82, 2.24) is 0 Å². The molecule has 1 heterocycles. The summed E-state index contributed by atoms with van der Waals surface area (Å²) in [4.78, 5) is 11.5. The third-order valence-electron chi connectivity index (χ3n) is 2.09. The summed E-state index contributed by atoms with van der Waals surface area (Å²) < 4.78 is 14.6. The van der Waals surface area contributed by atoms with Crippen LogP contribution in [-0.4, -0.2) is 11.1 Å². The minimum Gasteiger partial charge on any atom is -0.478 e. The molecule has 0 unspecified atom stereocenters. The fraction of sp³-hybridized carbons (Fsp3) is 0. The molecule has 2 aromatic rings. The number of rotatable bonds is 2. The first-order chi connectivity index (χ1) is 7.61. The van der Waals surface area contributed by atoms with E-state index in [1.54, 1.807) is 12.1 Å². The largest absolute Gasteiger partial charge is 0.478 e. The summed E-state index contributed by atoms with van der Waals surface area (Å²) in [5.74, 6) is -1.95. The van der Waals surface area contributed by atoms with Gasteiger partial charge in [0, 0.05) is 10.0 Å². The van der Waals surface area contributed by atoms with Crippen LogP contribution in [0.15, 0.2) is 34.1 Å². The Labute approximate surface area is 103 Å². The zero-order chi connectivity index (χ0) is 11.7. The quantitative estimate of drug-likeness (QED) is 0.910. The molecule has 0 bridgehead atoms. The van der Waals surface area contributed by atoms with Crippen LogP contribution >= 0.6 is 27.3 Å². The molecule has 0 saturated heterocycles. The van der Waals surface area contributed by atoms with E-state index < -0.39 is 11.8 Å². The molecule has 0 spiro atoms. The number of hydrogen-bond donors (Lipinski definition) is 1. The lowest BCUT2D eigenvalue weighted by Crippen LogP contribution is -2.01. The molecule has 1 aromatic heterocycles. The van der Waals surface area contributed by atoms with Crippen LogP contribution in [-0.2, 0) is 0 Å². The zero-order valence-electron chi connectivity index (χ0n) is 7.91. The van der Waals surface area contributed by atoms with E-state index in [1.807, 2.05) is 5.38 Å². The maximum Gasteiger partial charge on any atom is 0.338 e. The standard InChI is InChI=1S/C11H6BrFO2S/c12-8-4-5-16-10(8)6-2-1-3-7(9(6)13)11(14)15/h1-5H,(H,14,15). The first-order valence-electron chi connectivity index (χ1n) is 4.36. The molecule has 5 heteroatoms. The van der Waals surface area contributed by atoms with Gasteiger partial charge in [0.25, 0.3) is 0 Å². The molecule has 1 N–H and O–H groups in total. The predicted octanol–water partition coefficient (Wildman–Crippen LogP) is 4.01. The summed E-state index contributed by atoms with van der Waals surface area (Å²) in [6.45, 7) is 0. The molecule has 0 aliphatic rings. The van der Waals surface area contributed by atoms with E-state index in [0.717, 1.165) is 4.47 Å². The van der Waals surface area contributed by atoms with Crippen molar-refractivity contribution in [1.29, 1.82) is 0 Å². The zero-order valence-corrected chi connectivity index (χ0v) is 10.3. The lowest BCUT2D eigenvalue weighted by molar-refractivity contribution is 0.0692. The highest BCUT2D eigenvalue weighted by Gasteiger charge is 2.16. The highest BCUT2D eigenvalue weighted by atomic mass is 79.9. The predicted molar refractivity (Wildman–Crippen MR) is 64.4 cm³/mol. The summed E-state index contributed by atoms with van der Waals surface area (Å²) in [6, 6.07) is 6.15. The summed E-state index contributed by atoms with van der Waals surface area (Å²) in [5.41, 5.74) is -0.000394. The van der Waals surface area contributed by atoms with Gasteiger partial charge in [-0.2, -0.15) is 0 Å². The van der Waals surface area contributed by atoms with Crippen LogP contribution in [0.3, 0.4) is 0 Å². The molecular weight excluding hydrogens is 295 g/mol. The second-order valence-corrected chi connectivity index (χ2v) is 4.84. The first kappa shape index (κ1) is 11.3. The van der Waals surface area contributed by atoms with Crippen LogP contribution in [0.2, 0.25) is 0 Å². The number of hydrogen-bond acceptors (Lipinski definition) is 2. The van der Waals surface area contributed by atoms with Crippen molar-refractivity contribution in [3.8, 4) is 10.4 Å². The number of carboxylic acids is 1. The summed E-state index contributed by atoms with van der Waals surface area (Å²) in [7, 11) is 0. The Balaban J connectivity index is 2.63. The SMILES string of the molecule is O=C(O)c1cccc(-c2sccc2Br)c1F. The van der Waals surface area contributed by atoms with Crippen molar-refractivity contribution in [3.63, 3.8) is 0 Å². The van der Waals surface area contributed by atoms with E-state index in [-0.39, 0.29) is 5.56 Å². The molecule has 16 heavy (non-hydrogen) atoms. The number of aromatic carboxylic acids is 1. The van der Waals surface area contributed by atoms with Crippen LogP contribution in [0.4, 0.5) is 4.39 Å². The fourth-order valence-corrected chi connectivity index (χ4v) is 2.96. The highest BCUT2D eigenvalue weighted by molar-refractivity contribution is 9.10. The van der Waals surface area contributed by atoms with Crippen molar-refractivity contribution in [2.75, 3.05) is 0 Å². The van der Waals surface area contributed by atoms with Gasteiger partial charge in [0.1, 0.15) is 5.82 Å². The van der Waals surface area contributed by atoms with E-state index in [9.17, 15) is 9.18 Å². The number of carbonyl (C=O) groups is 1. The summed E-state index contributed by atoms with van der Waals surface area (Å²) in [6.07, 6.45) is 0. The molecule has 2 rings (SSSR count). The molecule has 0 saturated carbocycles. The first-order valence-corrected chi connectivity index (χ1v) is 6.03. The average Bonchev–Trinajstić information content (AvgIpc) is 2.64. The second kappa shape index (κ2) is 4.35. The molecule has 2 nitrogen and oxygen atoms in total. The van der Waals surface area contributed by atoms with Crippen molar-refractivity contribution in [2.24, 2.45) is 0 Å². The molecule has 0 aliphatic heterocycles. The van der Waals surface area contributed by atoms with Crippen LogP contribution < -0.4 is 0 Å². The van der Waals surface area contributed by atoms with Gasteiger partial charge >= 0.3 is 5.97 Å². The number of benzene rings is 1. The average molecular weight is 301 g/mol. The minimum absolute atomic E-state index is 0.307. The van der Waals surface area contributed by atoms with Gasteiger partial charge in [-0.25, -0.2) is 9.18 Å². The number of halogens is 2. The van der Waals surface area contributed by atoms with Crippen molar-refractivity contribution >= 4 is 33.2 Å². The second-order valence-electron chi connectivity index (χ2n) is 3.07. The topological polar surface area (TPSA) is 37.3 Å². The number of thiophene rings is 1. The Kier molecular flexibility index (Phi) is 3.07. The van der Waals surface area contributed by atoms with Gasteiger partial charge in [-0.3, -0.25) is 0 Å². The van der Waals surface area contributed by atoms with Crippen LogP contribution in [0.1, 0.15) is 10.4 Å². The monoisotopic (exact) mass is 300 g/mol. The molecule has 0 fully saturated rings. The molecule has 0 radical (unpaired) electrons. The van der Waals surface area contributed by atoms with Gasteiger partial charge in [-0.1, -0.05) is 12.1 Å². The molecule has 82 valence electrons. The highest BCUT2D eigenvalue weighted by Crippen LogP contribution is 2.35. The van der Waals surface area contributed by atoms with Gasteiger partial charge in [0.15, 0.2) is 0 Å². The van der Waals surface area contributed by atoms with Crippen LogP contribution in [0.5, 0.6) is 0 Å². The lowest BCUT2D eigenvalue weighted by Gasteiger charge is -2.04. The minimum atomic E-state index is -1.26. The van der Waals surface area contributed by atoms with Crippen molar-refractivity contribution in [2.45, 2.75) is 0 Å². The normalized spacial score (nSPS) is 10.4. The molecule has 0 atom stereocenters. The lowest BCUT2D eigenvalue weighted by atomic mass is 10.1. The maximum atomic E-state index is 13.9. The Bertz CT molecular complexity index is 551. The van der Waals surface area contributed by atoms with Gasteiger partial charge in [-0.05, 0) is 33.4 Å². The summed E-state index contributed by atoms with van der Waals surface area (Å²) >= 11 is 4.65. The van der Waals surface area contributed by atoms with E-state index in [0.29, 0.717) is 10.4 Å². The van der Waals surface area contributed by atoms with Gasteiger partial charge in [0.2, 0.25) is 0 Å². The number of carboxylic acid groups (broad SMARTS) is 1. The van der Waals surface area contributed by atoms with E-state index in [2.05, 4.69) is 15.9 Å². The summed E-state index contributed by atoms with van der Waals surface area (Å²) in [5, 5.41) is 10.6. The molecule has 0 aliphatic carbocycles. The Morgan fingerprint density at radius 3 is 2.69 bits per heavy atom. The van der Waals surface area contributed by atoms with Crippen molar-refractivity contribution in [3.05, 3.63) is 45.5 Å². The van der Waals surface area contributed by atoms with E-state index in [4.69, 9.17) is 5.11 Å². The molecular formula is C11H6BrFO2S. The van der Waals surface area contributed by atoms with E-state index >= 15 is 0 Å². The van der Waals surface area contributed by atoms with Gasteiger partial charge in [0.05, 0.1) is 10.4 Å². The Morgan fingerprint density at radius 2 is 2.12 bits per heavy atom. The molecule has 1 aromatic carbocycles. The third-order valence-corrected chi connectivity index (χ3v) is 3.96. The third kappa shape index (κ3) is 1.88. The van der Waals surface area contributed by atoms with Crippen LogP contribution in [0.25, 0.3) is 10.4 Å². The Morgan fingerprint density at radius 1 is 1.38 bits per heavy atom. The van der Waals surface area contributed by atoms with Crippen molar-refractivity contribution < 1.29 is 14.3 Å². The maximum absolute atomic E-state index is 13.9. The van der Waals surface area contributed by atoms with Gasteiger partial charge < -0.3 is 5.11 Å². The molecule has 0 amide bonds. The van der Waals surface area contributed by atoms with Gasteiger partial charge in [-0.15, -0.1) is 11.3 Å². The smallest absolute Gasteiger partial charge is 0.338 e. The Hall–Kier alpha value is -1.20. The van der Waals surface area contributed by atoms with E-state index in [1.165, 1.54) is 23.5 Å². The fourth-order valence-electron chi connectivity index (χ4n) is 1.36. The van der Waals surface area contributed by atoms with Crippen LogP contribution in [0, 0.1) is 5.82 Å².